The molecule has 6 unspecified atom stereocenters. The molecule has 2 aliphatic carbocycles. The van der Waals surface area contributed by atoms with Crippen LogP contribution in [0.2, 0.25) is 0 Å². The first-order valence-electron chi connectivity index (χ1n) is 12.4. The summed E-state index contributed by atoms with van der Waals surface area (Å²) in [6.07, 6.45) is 8.92. The summed E-state index contributed by atoms with van der Waals surface area (Å²) in [6.45, 7) is 4.70. The third-order valence-electron chi connectivity index (χ3n) is 8.69. The second kappa shape index (κ2) is 8.61. The predicted octanol–water partition coefficient (Wildman–Crippen LogP) is 0.628. The van der Waals surface area contributed by atoms with Gasteiger partial charge in [-0.1, -0.05) is 12.8 Å². The Morgan fingerprint density at radius 1 is 1.13 bits per heavy atom. The Balaban J connectivity index is 1.21. The summed E-state index contributed by atoms with van der Waals surface area (Å²) in [7, 11) is 1.92. The minimum atomic E-state index is -0.288. The van der Waals surface area contributed by atoms with E-state index in [2.05, 4.69) is 16.2 Å². The van der Waals surface area contributed by atoms with Crippen LogP contribution in [-0.2, 0) is 14.3 Å². The molecule has 2 amide bonds. The van der Waals surface area contributed by atoms with Crippen molar-refractivity contribution in [1.29, 1.82) is 0 Å². The van der Waals surface area contributed by atoms with Gasteiger partial charge in [0.1, 0.15) is 6.04 Å². The number of hydrogen-bond acceptors (Lipinski definition) is 6. The maximum Gasteiger partial charge on any atom is 0.241 e. The molecule has 0 aromatic heterocycles. The molecule has 31 heavy (non-hydrogen) atoms. The number of likely N-dealkylation sites (N-methyl/N-ethyl adjacent to an activating group) is 1. The molecular formula is C23H39N5O3. The fourth-order valence-electron chi connectivity index (χ4n) is 6.43. The number of likely N-dealkylation sites (tertiary alicyclic amines) is 1. The molecule has 2 saturated carbocycles. The van der Waals surface area contributed by atoms with Crippen LogP contribution in [0.4, 0.5) is 0 Å². The molecule has 6 atom stereocenters. The smallest absolute Gasteiger partial charge is 0.241 e. The van der Waals surface area contributed by atoms with Crippen molar-refractivity contribution >= 4 is 11.8 Å². The molecule has 3 saturated heterocycles. The summed E-state index contributed by atoms with van der Waals surface area (Å²) in [5.41, 5.74) is 6.48. The average molecular weight is 434 g/mol. The van der Waals surface area contributed by atoms with Gasteiger partial charge in [-0.25, -0.2) is 5.43 Å². The van der Waals surface area contributed by atoms with E-state index in [1.54, 1.807) is 0 Å². The van der Waals surface area contributed by atoms with E-state index in [4.69, 9.17) is 4.74 Å². The highest BCUT2D eigenvalue weighted by Gasteiger charge is 2.53. The number of rotatable bonds is 6. The Morgan fingerprint density at radius 2 is 1.94 bits per heavy atom. The predicted molar refractivity (Wildman–Crippen MR) is 117 cm³/mol. The number of amides is 2. The number of nitrogens with one attached hydrogen (secondary N) is 3. The topological polar surface area (TPSA) is 85.9 Å². The molecule has 0 spiro atoms. The maximum atomic E-state index is 13.4. The first kappa shape index (κ1) is 21.6. The van der Waals surface area contributed by atoms with E-state index in [1.165, 1.54) is 25.7 Å². The van der Waals surface area contributed by atoms with Crippen LogP contribution in [0.1, 0.15) is 58.3 Å². The summed E-state index contributed by atoms with van der Waals surface area (Å²) in [6, 6.07) is 0.444. The first-order chi connectivity index (χ1) is 15.0. The number of ether oxygens (including phenoxy) is 1. The lowest BCUT2D eigenvalue weighted by molar-refractivity contribution is -0.140. The summed E-state index contributed by atoms with van der Waals surface area (Å²) >= 11 is 0. The lowest BCUT2D eigenvalue weighted by Gasteiger charge is -2.38. The highest BCUT2D eigenvalue weighted by molar-refractivity contribution is 5.85. The molecule has 0 aromatic rings. The Morgan fingerprint density at radius 3 is 2.68 bits per heavy atom. The molecule has 174 valence electrons. The maximum absolute atomic E-state index is 13.4. The number of carbonyl (C=O) groups is 2. The van der Waals surface area contributed by atoms with Gasteiger partial charge in [-0.2, -0.15) is 0 Å². The van der Waals surface area contributed by atoms with Crippen molar-refractivity contribution in [3.05, 3.63) is 0 Å². The van der Waals surface area contributed by atoms with Gasteiger partial charge in [0, 0.05) is 44.7 Å². The van der Waals surface area contributed by atoms with E-state index < -0.39 is 0 Å². The molecule has 3 aliphatic heterocycles. The largest absolute Gasteiger partial charge is 0.379 e. The SMILES string of the molecule is CCOCC1(N(C)C(=O)C2NNC3CCN(C(=O)C4CC5CCCCC5N4)CC32)CC1. The third-order valence-corrected chi connectivity index (χ3v) is 8.69. The van der Waals surface area contributed by atoms with Crippen molar-refractivity contribution in [2.45, 2.75) is 88.0 Å². The minimum Gasteiger partial charge on any atom is -0.379 e. The van der Waals surface area contributed by atoms with E-state index in [0.717, 1.165) is 32.2 Å². The standard InChI is InChI=1S/C23H39N5O3/c1-3-31-14-23(9-10-23)27(2)22(30)20-16-13-28(11-8-18(16)25-26-20)21(29)19-12-15-6-4-5-7-17(15)24-19/h15-20,24-26H,3-14H2,1-2H3. The highest BCUT2D eigenvalue weighted by Crippen LogP contribution is 2.42. The fourth-order valence-corrected chi connectivity index (χ4v) is 6.43. The van der Waals surface area contributed by atoms with Crippen LogP contribution < -0.4 is 16.2 Å². The monoisotopic (exact) mass is 433 g/mol. The average Bonchev–Trinajstić information content (AvgIpc) is 3.27. The van der Waals surface area contributed by atoms with Crippen LogP contribution in [0.25, 0.3) is 0 Å². The van der Waals surface area contributed by atoms with Crippen molar-refractivity contribution in [2.24, 2.45) is 11.8 Å². The summed E-state index contributed by atoms with van der Waals surface area (Å²) in [4.78, 5) is 30.7. The van der Waals surface area contributed by atoms with Crippen molar-refractivity contribution in [2.75, 3.05) is 33.4 Å². The second-order valence-corrected chi connectivity index (χ2v) is 10.5. The summed E-state index contributed by atoms with van der Waals surface area (Å²) in [5.74, 6) is 1.14. The molecule has 3 N–H and O–H groups in total. The van der Waals surface area contributed by atoms with Gasteiger partial charge in [0.15, 0.2) is 0 Å². The number of hydrogen-bond donors (Lipinski definition) is 3. The van der Waals surface area contributed by atoms with Crippen molar-refractivity contribution < 1.29 is 14.3 Å². The van der Waals surface area contributed by atoms with Crippen LogP contribution in [0, 0.1) is 11.8 Å². The Kier molecular flexibility index (Phi) is 6.01. The van der Waals surface area contributed by atoms with Gasteiger partial charge in [0.2, 0.25) is 11.8 Å². The highest BCUT2D eigenvalue weighted by atomic mass is 16.5. The third kappa shape index (κ3) is 4.01. The number of hydrazine groups is 1. The van der Waals surface area contributed by atoms with Crippen LogP contribution in [-0.4, -0.2) is 84.7 Å². The quantitative estimate of drug-likeness (QED) is 0.570. The van der Waals surface area contributed by atoms with Gasteiger partial charge in [0.25, 0.3) is 0 Å². The number of piperidine rings is 1. The number of carbonyl (C=O) groups excluding carboxylic acids is 2. The zero-order valence-corrected chi connectivity index (χ0v) is 19.1. The molecule has 5 fully saturated rings. The van der Waals surface area contributed by atoms with Crippen LogP contribution in [0.3, 0.4) is 0 Å². The Labute approximate surface area is 185 Å². The van der Waals surface area contributed by atoms with Gasteiger partial charge in [-0.05, 0) is 51.4 Å². The normalized spacial score (nSPS) is 38.5. The van der Waals surface area contributed by atoms with Crippen LogP contribution in [0.5, 0.6) is 0 Å². The van der Waals surface area contributed by atoms with Gasteiger partial charge < -0.3 is 19.9 Å². The molecule has 0 aromatic carbocycles. The van der Waals surface area contributed by atoms with E-state index in [0.29, 0.717) is 31.7 Å². The summed E-state index contributed by atoms with van der Waals surface area (Å²) < 4.78 is 5.66. The van der Waals surface area contributed by atoms with Crippen LogP contribution >= 0.6 is 0 Å². The molecule has 8 heteroatoms. The Hall–Kier alpha value is -1.22. The molecule has 0 radical (unpaired) electrons. The second-order valence-electron chi connectivity index (χ2n) is 10.5. The molecule has 3 heterocycles. The zero-order chi connectivity index (χ0) is 21.6. The lowest BCUT2D eigenvalue weighted by Crippen LogP contribution is -2.56. The van der Waals surface area contributed by atoms with Crippen molar-refractivity contribution in [3.63, 3.8) is 0 Å². The van der Waals surface area contributed by atoms with E-state index in [9.17, 15) is 9.59 Å². The van der Waals surface area contributed by atoms with Gasteiger partial charge in [-0.3, -0.25) is 15.0 Å². The van der Waals surface area contributed by atoms with E-state index in [-0.39, 0.29) is 41.4 Å². The molecular weight excluding hydrogens is 394 g/mol. The van der Waals surface area contributed by atoms with Crippen LogP contribution in [0.15, 0.2) is 0 Å². The molecule has 0 bridgehead atoms. The van der Waals surface area contributed by atoms with Gasteiger partial charge >= 0.3 is 0 Å². The zero-order valence-electron chi connectivity index (χ0n) is 19.1. The molecule has 5 aliphatic rings. The van der Waals surface area contributed by atoms with E-state index >= 15 is 0 Å². The van der Waals surface area contributed by atoms with Crippen molar-refractivity contribution in [1.82, 2.24) is 26.0 Å². The van der Waals surface area contributed by atoms with Crippen molar-refractivity contribution in [3.8, 4) is 0 Å². The summed E-state index contributed by atoms with van der Waals surface area (Å²) in [5, 5.41) is 3.64. The minimum absolute atomic E-state index is 0.0373. The number of fused-ring (bicyclic) bond motifs is 2. The molecule has 5 rings (SSSR count). The molecule has 8 nitrogen and oxygen atoms in total. The van der Waals surface area contributed by atoms with Gasteiger partial charge in [0.05, 0.1) is 18.2 Å². The lowest BCUT2D eigenvalue weighted by atomic mass is 9.84. The first-order valence-corrected chi connectivity index (χ1v) is 12.4. The van der Waals surface area contributed by atoms with Gasteiger partial charge in [-0.15, -0.1) is 0 Å². The number of nitrogens with zero attached hydrogens (tertiary/aromatic N) is 2. The Bertz CT molecular complexity index is 685. The van der Waals surface area contributed by atoms with E-state index in [1.807, 2.05) is 23.8 Å². The fraction of sp³-hybridized carbons (Fsp3) is 0.913.